The van der Waals surface area contributed by atoms with E-state index < -0.39 is 0 Å². The fourth-order valence-electron chi connectivity index (χ4n) is 5.59. The molecule has 3 unspecified atom stereocenters. The van der Waals surface area contributed by atoms with E-state index in [1.807, 2.05) is 36.6 Å². The van der Waals surface area contributed by atoms with Gasteiger partial charge in [0.2, 0.25) is 11.8 Å². The zero-order chi connectivity index (χ0) is 30.0. The summed E-state index contributed by atoms with van der Waals surface area (Å²) in [6.07, 6.45) is 8.62. The highest BCUT2D eigenvalue weighted by Gasteiger charge is 2.46. The van der Waals surface area contributed by atoms with E-state index in [0.29, 0.717) is 47.0 Å². The van der Waals surface area contributed by atoms with Crippen molar-refractivity contribution in [3.63, 3.8) is 0 Å². The van der Waals surface area contributed by atoms with Crippen molar-refractivity contribution in [2.24, 2.45) is 5.92 Å². The summed E-state index contributed by atoms with van der Waals surface area (Å²) in [5.41, 5.74) is 3.97. The molecule has 0 radical (unpaired) electrons. The molecule has 5 heterocycles. The third kappa shape index (κ3) is 5.15. The minimum atomic E-state index is -0.356. The van der Waals surface area contributed by atoms with E-state index in [-0.39, 0.29) is 42.3 Å². The second kappa shape index (κ2) is 10.1. The summed E-state index contributed by atoms with van der Waals surface area (Å²) in [5.74, 6) is 2.06. The molecule has 2 aliphatic carbocycles. The third-order valence-electron chi connectivity index (χ3n) is 8.27. The maximum absolute atomic E-state index is 13.0. The van der Waals surface area contributed by atoms with Gasteiger partial charge in [-0.15, -0.1) is 0 Å². The van der Waals surface area contributed by atoms with Gasteiger partial charge in [0.15, 0.2) is 5.65 Å². The summed E-state index contributed by atoms with van der Waals surface area (Å²) < 4.78 is 1.94. The number of hydrogen-bond acceptors (Lipinski definition) is 9. The molecule has 4 amide bonds. The van der Waals surface area contributed by atoms with Gasteiger partial charge in [-0.3, -0.25) is 19.4 Å². The van der Waals surface area contributed by atoms with Crippen LogP contribution in [0.5, 0.6) is 0 Å². The molecule has 220 valence electrons. The molecular weight excluding hydrogens is 548 g/mol. The fraction of sp³-hybridized carbons (Fsp3) is 0.400. The number of pyridine rings is 1. The summed E-state index contributed by atoms with van der Waals surface area (Å²) in [6, 6.07) is 4.92. The quantitative estimate of drug-likeness (QED) is 0.297. The van der Waals surface area contributed by atoms with Crippen molar-refractivity contribution in [1.82, 2.24) is 34.2 Å². The Balaban J connectivity index is 1.10. The molecule has 13 heteroatoms. The number of rotatable bonds is 8. The monoisotopic (exact) mass is 580 g/mol. The molecule has 0 aromatic carbocycles. The topological polar surface area (TPSA) is 151 Å². The summed E-state index contributed by atoms with van der Waals surface area (Å²) in [5, 5.41) is 6.31. The van der Waals surface area contributed by atoms with Crippen LogP contribution in [0.4, 0.5) is 22.1 Å². The fourth-order valence-corrected chi connectivity index (χ4v) is 5.59. The lowest BCUT2D eigenvalue weighted by Crippen LogP contribution is -2.30. The minimum Gasteiger partial charge on any atom is -0.362 e. The summed E-state index contributed by atoms with van der Waals surface area (Å²) in [7, 11) is 1.50. The number of nitrogens with zero attached hydrogens (tertiary/aromatic N) is 8. The summed E-state index contributed by atoms with van der Waals surface area (Å²) in [4.78, 5) is 63.4. The van der Waals surface area contributed by atoms with E-state index in [0.717, 1.165) is 34.7 Å². The first-order valence-corrected chi connectivity index (χ1v) is 14.5. The van der Waals surface area contributed by atoms with Crippen molar-refractivity contribution < 1.29 is 14.4 Å². The van der Waals surface area contributed by atoms with Crippen molar-refractivity contribution >= 4 is 40.8 Å². The average molecular weight is 581 g/mol. The number of likely N-dealkylation sites (N-methyl/N-ethyl adjacent to an activating group) is 1. The zero-order valence-electron chi connectivity index (χ0n) is 24.4. The smallest absolute Gasteiger partial charge is 0.331 e. The number of fused-ring (bicyclic) bond motifs is 1. The van der Waals surface area contributed by atoms with E-state index in [2.05, 4.69) is 36.8 Å². The van der Waals surface area contributed by atoms with Crippen molar-refractivity contribution in [3.8, 4) is 0 Å². The molecule has 3 fully saturated rings. The molecule has 0 bridgehead atoms. The van der Waals surface area contributed by atoms with Crippen molar-refractivity contribution in [2.45, 2.75) is 57.9 Å². The SMILES string of the molecule is Cc1ccnc(C2CC2C(=O)Nc2cc(NC(C)c3cn4cc(C5CC5)cc(N5CC(=O)N(C)C5=O)c4n3)nc(C)n2)n1. The molecular formula is C30H32N10O3. The van der Waals surface area contributed by atoms with Gasteiger partial charge in [-0.05, 0) is 63.6 Å². The molecule has 7 rings (SSSR count). The molecule has 2 N–H and O–H groups in total. The number of carbonyl (C=O) groups excluding carboxylic acids is 3. The molecule has 3 atom stereocenters. The molecule has 13 nitrogen and oxygen atoms in total. The van der Waals surface area contributed by atoms with Crippen molar-refractivity contribution in [2.75, 3.05) is 29.1 Å². The third-order valence-corrected chi connectivity index (χ3v) is 8.27. The molecule has 3 aliphatic rings. The van der Waals surface area contributed by atoms with Gasteiger partial charge >= 0.3 is 6.03 Å². The van der Waals surface area contributed by atoms with Crippen LogP contribution < -0.4 is 15.5 Å². The Kier molecular flexibility index (Phi) is 6.33. The Morgan fingerprint density at radius 3 is 2.56 bits per heavy atom. The zero-order valence-corrected chi connectivity index (χ0v) is 24.4. The van der Waals surface area contributed by atoms with Gasteiger partial charge in [-0.1, -0.05) is 0 Å². The number of imidazole rings is 1. The maximum Gasteiger partial charge on any atom is 0.331 e. The van der Waals surface area contributed by atoms with E-state index >= 15 is 0 Å². The minimum absolute atomic E-state index is 0.00944. The van der Waals surface area contributed by atoms with Gasteiger partial charge in [0.25, 0.3) is 0 Å². The predicted octanol–water partition coefficient (Wildman–Crippen LogP) is 3.72. The molecule has 4 aromatic heterocycles. The highest BCUT2D eigenvalue weighted by atomic mass is 16.2. The van der Waals surface area contributed by atoms with E-state index in [4.69, 9.17) is 4.98 Å². The van der Waals surface area contributed by atoms with Crippen LogP contribution in [-0.4, -0.2) is 65.7 Å². The second-order valence-corrected chi connectivity index (χ2v) is 11.7. The Morgan fingerprint density at radius 1 is 1.05 bits per heavy atom. The molecule has 4 aromatic rings. The van der Waals surface area contributed by atoms with Crippen LogP contribution in [-0.2, 0) is 9.59 Å². The summed E-state index contributed by atoms with van der Waals surface area (Å²) >= 11 is 0. The van der Waals surface area contributed by atoms with Crippen LogP contribution in [0.3, 0.4) is 0 Å². The van der Waals surface area contributed by atoms with Crippen LogP contribution in [0.15, 0.2) is 36.8 Å². The molecule has 1 saturated heterocycles. The second-order valence-electron chi connectivity index (χ2n) is 11.7. The number of hydrogen-bond donors (Lipinski definition) is 2. The van der Waals surface area contributed by atoms with Gasteiger partial charge in [-0.2, -0.15) is 0 Å². The van der Waals surface area contributed by atoms with Gasteiger partial charge in [0.1, 0.15) is 29.8 Å². The number of nitrogens with one attached hydrogen (secondary N) is 2. The van der Waals surface area contributed by atoms with Crippen molar-refractivity contribution in [1.29, 1.82) is 0 Å². The number of aromatic nitrogens is 6. The molecule has 0 spiro atoms. The van der Waals surface area contributed by atoms with Crippen LogP contribution in [0, 0.1) is 19.8 Å². The maximum atomic E-state index is 13.0. The first-order chi connectivity index (χ1) is 20.6. The normalized spacial score (nSPS) is 20.6. The number of anilines is 3. The van der Waals surface area contributed by atoms with E-state index in [9.17, 15) is 14.4 Å². The van der Waals surface area contributed by atoms with Gasteiger partial charge < -0.3 is 15.0 Å². The van der Waals surface area contributed by atoms with Gasteiger partial charge in [0, 0.05) is 49.2 Å². The van der Waals surface area contributed by atoms with Crippen molar-refractivity contribution in [3.05, 3.63) is 65.4 Å². The van der Waals surface area contributed by atoms with Crippen LogP contribution in [0.2, 0.25) is 0 Å². The standard InChI is InChI=1S/C30H32N10O3/c1-15-7-8-31-27(32-15)20-10-21(20)29(42)37-25-11-24(34-17(3)35-25)33-16(2)22-13-39-12-19(18-5-6-18)9-23(28(39)36-22)40-14-26(41)38(4)30(40)43/h7-9,11-13,16,18,20-21H,5-6,10,14H2,1-4H3,(H2,33,34,35,37,42). The molecule has 43 heavy (non-hydrogen) atoms. The number of aryl methyl sites for hydroxylation is 2. The highest BCUT2D eigenvalue weighted by Crippen LogP contribution is 2.46. The highest BCUT2D eigenvalue weighted by molar-refractivity contribution is 6.13. The summed E-state index contributed by atoms with van der Waals surface area (Å²) in [6.45, 7) is 5.64. The first kappa shape index (κ1) is 26.9. The van der Waals surface area contributed by atoms with Gasteiger partial charge in [-0.25, -0.2) is 29.7 Å². The van der Waals surface area contributed by atoms with Crippen LogP contribution in [0.1, 0.15) is 72.7 Å². The lowest BCUT2D eigenvalue weighted by molar-refractivity contribution is -0.124. The average Bonchev–Trinajstić information content (AvgIpc) is 3.89. The van der Waals surface area contributed by atoms with E-state index in [1.54, 1.807) is 19.2 Å². The lowest BCUT2D eigenvalue weighted by atomic mass is 10.1. The van der Waals surface area contributed by atoms with Crippen LogP contribution >= 0.6 is 0 Å². The predicted molar refractivity (Wildman–Crippen MR) is 158 cm³/mol. The Hall–Kier alpha value is -4.94. The largest absolute Gasteiger partial charge is 0.362 e. The van der Waals surface area contributed by atoms with E-state index in [1.165, 1.54) is 11.9 Å². The van der Waals surface area contributed by atoms with Crippen LogP contribution in [0.25, 0.3) is 5.65 Å². The number of carbonyl (C=O) groups is 3. The van der Waals surface area contributed by atoms with Gasteiger partial charge in [0.05, 0.1) is 17.4 Å². The Bertz CT molecular complexity index is 1800. The number of amides is 4. The Labute approximate surface area is 247 Å². The lowest BCUT2D eigenvalue weighted by Gasteiger charge is -2.17. The Morgan fingerprint density at radius 2 is 1.84 bits per heavy atom. The first-order valence-electron chi connectivity index (χ1n) is 14.5. The number of imide groups is 1. The number of urea groups is 1. The molecule has 1 aliphatic heterocycles. The molecule has 2 saturated carbocycles.